The molecule has 120 valence electrons. The molecule has 6 nitrogen and oxygen atoms in total. The van der Waals surface area contributed by atoms with E-state index in [1.54, 1.807) is 11.8 Å². The van der Waals surface area contributed by atoms with Gasteiger partial charge in [0.25, 0.3) is 0 Å². The molecule has 2 aliphatic heterocycles. The Morgan fingerprint density at radius 1 is 1.27 bits per heavy atom. The van der Waals surface area contributed by atoms with Gasteiger partial charge in [0.1, 0.15) is 11.5 Å². The molecule has 0 saturated carbocycles. The summed E-state index contributed by atoms with van der Waals surface area (Å²) in [5.41, 5.74) is 0.850. The molecule has 0 bridgehead atoms. The smallest absolute Gasteiger partial charge is 0.228 e. The number of piperidine rings is 1. The van der Waals surface area contributed by atoms with Gasteiger partial charge in [0, 0.05) is 32.6 Å². The van der Waals surface area contributed by atoms with Gasteiger partial charge in [-0.25, -0.2) is 0 Å². The van der Waals surface area contributed by atoms with E-state index in [4.69, 9.17) is 4.52 Å². The van der Waals surface area contributed by atoms with Crippen molar-refractivity contribution < 1.29 is 14.1 Å². The third kappa shape index (κ3) is 2.87. The van der Waals surface area contributed by atoms with Crippen LogP contribution >= 0.6 is 0 Å². The van der Waals surface area contributed by atoms with Crippen molar-refractivity contribution in [3.8, 4) is 0 Å². The standard InChI is InChI=1S/C16H23N3O3/c1-11-9-14(17-22-11)15-6-4-8-19(15)16(21)13-5-3-7-18(10-13)12(2)20/h9,13,15H,3-8,10H2,1-2H3. The molecule has 2 amide bonds. The van der Waals surface area contributed by atoms with Crippen LogP contribution in [-0.4, -0.2) is 46.4 Å². The Bertz CT molecular complexity index is 569. The Morgan fingerprint density at radius 3 is 2.73 bits per heavy atom. The molecule has 2 unspecified atom stereocenters. The highest BCUT2D eigenvalue weighted by Gasteiger charge is 2.37. The summed E-state index contributed by atoms with van der Waals surface area (Å²) in [5.74, 6) is 0.915. The highest BCUT2D eigenvalue weighted by Crippen LogP contribution is 2.34. The summed E-state index contributed by atoms with van der Waals surface area (Å²) in [7, 11) is 0. The molecule has 0 aromatic carbocycles. The first-order valence-electron chi connectivity index (χ1n) is 8.05. The van der Waals surface area contributed by atoms with Crippen molar-refractivity contribution in [3.05, 3.63) is 17.5 Å². The molecule has 2 fully saturated rings. The van der Waals surface area contributed by atoms with Crippen LogP contribution in [0, 0.1) is 12.8 Å². The van der Waals surface area contributed by atoms with Crippen molar-refractivity contribution in [2.24, 2.45) is 5.92 Å². The fourth-order valence-electron chi connectivity index (χ4n) is 3.58. The van der Waals surface area contributed by atoms with Gasteiger partial charge < -0.3 is 14.3 Å². The number of hydrogen-bond acceptors (Lipinski definition) is 4. The number of carbonyl (C=O) groups excluding carboxylic acids is 2. The molecular formula is C16H23N3O3. The topological polar surface area (TPSA) is 66.7 Å². The van der Waals surface area contributed by atoms with Crippen LogP contribution < -0.4 is 0 Å². The molecule has 6 heteroatoms. The number of rotatable bonds is 2. The maximum atomic E-state index is 12.9. The summed E-state index contributed by atoms with van der Waals surface area (Å²) in [4.78, 5) is 28.2. The van der Waals surface area contributed by atoms with Crippen LogP contribution in [0.25, 0.3) is 0 Å². The molecule has 22 heavy (non-hydrogen) atoms. The zero-order valence-electron chi connectivity index (χ0n) is 13.2. The van der Waals surface area contributed by atoms with Crippen LogP contribution in [0.1, 0.15) is 50.1 Å². The molecule has 3 heterocycles. The Labute approximate surface area is 130 Å². The normalized spacial score (nSPS) is 25.5. The van der Waals surface area contributed by atoms with Gasteiger partial charge in [-0.2, -0.15) is 0 Å². The molecule has 0 radical (unpaired) electrons. The summed E-state index contributed by atoms with van der Waals surface area (Å²) in [5, 5.41) is 4.09. The second kappa shape index (κ2) is 6.10. The number of amides is 2. The van der Waals surface area contributed by atoms with Crippen molar-refractivity contribution >= 4 is 11.8 Å². The highest BCUT2D eigenvalue weighted by molar-refractivity contribution is 5.81. The van der Waals surface area contributed by atoms with Crippen molar-refractivity contribution in [1.29, 1.82) is 0 Å². The Balaban J connectivity index is 1.72. The van der Waals surface area contributed by atoms with Crippen LogP contribution in [-0.2, 0) is 9.59 Å². The summed E-state index contributed by atoms with van der Waals surface area (Å²) < 4.78 is 5.16. The Kier molecular flexibility index (Phi) is 4.18. The van der Waals surface area contributed by atoms with Gasteiger partial charge in [-0.15, -0.1) is 0 Å². The number of likely N-dealkylation sites (tertiary alicyclic amines) is 2. The maximum Gasteiger partial charge on any atom is 0.228 e. The summed E-state index contributed by atoms with van der Waals surface area (Å²) >= 11 is 0. The van der Waals surface area contributed by atoms with Crippen molar-refractivity contribution in [3.63, 3.8) is 0 Å². The zero-order chi connectivity index (χ0) is 15.7. The van der Waals surface area contributed by atoms with Gasteiger partial charge in [0.15, 0.2) is 0 Å². The highest BCUT2D eigenvalue weighted by atomic mass is 16.5. The quantitative estimate of drug-likeness (QED) is 0.837. The van der Waals surface area contributed by atoms with Gasteiger partial charge in [-0.05, 0) is 32.6 Å². The number of aryl methyl sites for hydroxylation is 1. The van der Waals surface area contributed by atoms with Gasteiger partial charge >= 0.3 is 0 Å². The van der Waals surface area contributed by atoms with E-state index >= 15 is 0 Å². The zero-order valence-corrected chi connectivity index (χ0v) is 13.2. The molecule has 1 aromatic heterocycles. The van der Waals surface area contributed by atoms with E-state index in [1.807, 2.05) is 17.9 Å². The minimum Gasteiger partial charge on any atom is -0.361 e. The first-order valence-corrected chi connectivity index (χ1v) is 8.05. The number of nitrogens with zero attached hydrogens (tertiary/aromatic N) is 3. The average molecular weight is 305 g/mol. The summed E-state index contributed by atoms with van der Waals surface area (Å²) in [6, 6.07) is 1.94. The van der Waals surface area contributed by atoms with E-state index in [0.29, 0.717) is 6.54 Å². The monoisotopic (exact) mass is 305 g/mol. The molecular weight excluding hydrogens is 282 g/mol. The summed E-state index contributed by atoms with van der Waals surface area (Å²) in [6.07, 6.45) is 3.69. The Morgan fingerprint density at radius 2 is 2.05 bits per heavy atom. The minimum absolute atomic E-state index is 0.0256. The van der Waals surface area contributed by atoms with Crippen molar-refractivity contribution in [1.82, 2.24) is 15.0 Å². The first kappa shape index (κ1) is 15.1. The number of carbonyl (C=O) groups is 2. The molecule has 0 aliphatic carbocycles. The second-order valence-electron chi connectivity index (χ2n) is 6.36. The predicted molar refractivity (Wildman–Crippen MR) is 79.9 cm³/mol. The van der Waals surface area contributed by atoms with E-state index in [0.717, 1.165) is 50.2 Å². The van der Waals surface area contributed by atoms with E-state index in [9.17, 15) is 9.59 Å². The largest absolute Gasteiger partial charge is 0.361 e. The molecule has 2 aliphatic rings. The van der Waals surface area contributed by atoms with Gasteiger partial charge in [0.2, 0.25) is 11.8 Å². The van der Waals surface area contributed by atoms with Crippen LogP contribution in [0.3, 0.4) is 0 Å². The number of aromatic nitrogens is 1. The molecule has 0 N–H and O–H groups in total. The van der Waals surface area contributed by atoms with Crippen molar-refractivity contribution in [2.75, 3.05) is 19.6 Å². The third-order valence-corrected chi connectivity index (χ3v) is 4.74. The van der Waals surface area contributed by atoms with Crippen LogP contribution in [0.2, 0.25) is 0 Å². The molecule has 2 atom stereocenters. The number of hydrogen-bond donors (Lipinski definition) is 0. The third-order valence-electron chi connectivity index (χ3n) is 4.74. The molecule has 3 rings (SSSR count). The van der Waals surface area contributed by atoms with E-state index in [-0.39, 0.29) is 23.8 Å². The molecule has 1 aromatic rings. The predicted octanol–water partition coefficient (Wildman–Crippen LogP) is 1.91. The van der Waals surface area contributed by atoms with Crippen LogP contribution in [0.5, 0.6) is 0 Å². The van der Waals surface area contributed by atoms with E-state index < -0.39 is 0 Å². The lowest BCUT2D eigenvalue weighted by Gasteiger charge is -2.34. The molecule has 2 saturated heterocycles. The molecule has 0 spiro atoms. The maximum absolute atomic E-state index is 12.9. The van der Waals surface area contributed by atoms with Crippen molar-refractivity contribution in [2.45, 2.75) is 45.6 Å². The lowest BCUT2D eigenvalue weighted by atomic mass is 9.96. The van der Waals surface area contributed by atoms with Gasteiger partial charge in [-0.1, -0.05) is 5.16 Å². The lowest BCUT2D eigenvalue weighted by molar-refractivity contribution is -0.141. The first-order chi connectivity index (χ1) is 10.6. The SMILES string of the molecule is CC(=O)N1CCCC(C(=O)N2CCCC2c2cc(C)on2)C1. The minimum atomic E-state index is -0.0775. The fraction of sp³-hybridized carbons (Fsp3) is 0.688. The second-order valence-corrected chi connectivity index (χ2v) is 6.36. The van der Waals surface area contributed by atoms with E-state index in [1.165, 1.54) is 0 Å². The van der Waals surface area contributed by atoms with Gasteiger partial charge in [0.05, 0.1) is 12.0 Å². The van der Waals surface area contributed by atoms with Gasteiger partial charge in [-0.3, -0.25) is 9.59 Å². The summed E-state index contributed by atoms with van der Waals surface area (Å²) in [6.45, 7) is 5.53. The Hall–Kier alpha value is -1.85. The lowest BCUT2D eigenvalue weighted by Crippen LogP contribution is -2.46. The fourth-order valence-corrected chi connectivity index (χ4v) is 3.58. The van der Waals surface area contributed by atoms with E-state index in [2.05, 4.69) is 5.16 Å². The van der Waals surface area contributed by atoms with Crippen LogP contribution in [0.4, 0.5) is 0 Å². The average Bonchev–Trinajstić information content (AvgIpc) is 3.15. The van der Waals surface area contributed by atoms with Crippen LogP contribution in [0.15, 0.2) is 10.6 Å².